The molecule has 0 atom stereocenters. The maximum absolute atomic E-state index is 9.65. The normalized spacial score (nSPS) is 16.5. The number of fused-ring (bicyclic) bond motifs is 9. The average molecular weight is 737 g/mol. The zero-order chi connectivity index (χ0) is 52.8. The predicted molar refractivity (Wildman–Crippen MR) is 232 cm³/mol. The third-order valence-corrected chi connectivity index (χ3v) is 10.4. The summed E-state index contributed by atoms with van der Waals surface area (Å²) in [6.45, 7) is 0. The van der Waals surface area contributed by atoms with Crippen molar-refractivity contribution < 1.29 is 26.0 Å². The van der Waals surface area contributed by atoms with Crippen molar-refractivity contribution in [1.82, 2.24) is 15.0 Å². The number of aromatic nitrogens is 3. The average Bonchev–Trinajstić information content (AvgIpc) is 3.82. The summed E-state index contributed by atoms with van der Waals surface area (Å²) in [5.41, 5.74) is -1.92. The van der Waals surface area contributed by atoms with Crippen LogP contribution in [0.25, 0.3) is 109 Å². The first-order valence-corrected chi connectivity index (χ1v) is 17.8. The van der Waals surface area contributed by atoms with Crippen molar-refractivity contribution >= 4 is 63.8 Å². The van der Waals surface area contributed by atoms with Crippen LogP contribution in [0.15, 0.2) is 188 Å². The van der Waals surface area contributed by atoms with Gasteiger partial charge in [-0.15, -0.1) is 11.3 Å². The first-order chi connectivity index (χ1) is 35.2. The standard InChI is InChI=1S/C51H31N3S/c1-2-12-34(13-3-1)49-52-50(54-51(53-49)45-22-11-21-44-43-20-8-9-23-47(43)55-48(44)45)37-15-10-14-35(30-37)32-24-26-33(27-25-32)36-28-29-42-40-18-5-4-16-38(40)39-17-6-7-19-41(39)46(42)31-36/h1-31H/i4D,5D,6D,7D,10D,14D,15D,16D,17D,18D,19D,24D,25D,26D,27D,28D,29D,30D,31D. The van der Waals surface area contributed by atoms with Crippen LogP contribution in [0.2, 0.25) is 0 Å². The number of hydrogen-bond acceptors (Lipinski definition) is 4. The minimum absolute atomic E-state index is 0.136. The quantitative estimate of drug-likeness (QED) is 0.165. The molecule has 2 heterocycles. The fourth-order valence-electron chi connectivity index (χ4n) is 6.67. The van der Waals surface area contributed by atoms with Crippen molar-refractivity contribution in [1.29, 1.82) is 0 Å². The fourth-order valence-corrected chi connectivity index (χ4v) is 7.88. The van der Waals surface area contributed by atoms with E-state index in [1.54, 1.807) is 30.3 Å². The summed E-state index contributed by atoms with van der Waals surface area (Å²) in [6, 6.07) is 7.25. The fraction of sp³-hybridized carbons (Fsp3) is 0. The molecule has 0 fully saturated rings. The lowest BCUT2D eigenvalue weighted by Crippen LogP contribution is -2.00. The zero-order valence-corrected chi connectivity index (χ0v) is 29.0. The summed E-state index contributed by atoms with van der Waals surface area (Å²) in [5.74, 6) is 0.0279. The third kappa shape index (κ3) is 5.38. The van der Waals surface area contributed by atoms with Crippen LogP contribution in [-0.4, -0.2) is 15.0 Å². The van der Waals surface area contributed by atoms with Crippen LogP contribution in [0.5, 0.6) is 0 Å². The topological polar surface area (TPSA) is 38.7 Å². The summed E-state index contributed by atoms with van der Waals surface area (Å²) in [5, 5.41) is -0.660. The molecule has 0 spiro atoms. The van der Waals surface area contributed by atoms with Gasteiger partial charge in [0.15, 0.2) is 17.5 Å². The van der Waals surface area contributed by atoms with Gasteiger partial charge >= 0.3 is 0 Å². The van der Waals surface area contributed by atoms with E-state index in [9.17, 15) is 11.0 Å². The Bertz CT molecular complexity index is 4300. The van der Waals surface area contributed by atoms with E-state index in [0.717, 1.165) is 20.2 Å². The van der Waals surface area contributed by atoms with Crippen LogP contribution < -0.4 is 0 Å². The molecule has 0 bridgehead atoms. The predicted octanol–water partition coefficient (Wildman–Crippen LogP) is 14.0. The minimum Gasteiger partial charge on any atom is -0.208 e. The van der Waals surface area contributed by atoms with Crippen molar-refractivity contribution in [2.75, 3.05) is 0 Å². The van der Waals surface area contributed by atoms with Crippen molar-refractivity contribution in [3.63, 3.8) is 0 Å². The molecule has 0 aliphatic carbocycles. The molecule has 0 amide bonds. The minimum atomic E-state index is -0.928. The Labute approximate surface area is 348 Å². The number of rotatable bonds is 5. The molecule has 4 heteroatoms. The zero-order valence-electron chi connectivity index (χ0n) is 47.2. The van der Waals surface area contributed by atoms with Crippen LogP contribution in [0.3, 0.4) is 0 Å². The van der Waals surface area contributed by atoms with Crippen molar-refractivity contribution in [3.8, 4) is 56.4 Å². The van der Waals surface area contributed by atoms with Crippen LogP contribution in [-0.2, 0) is 0 Å². The van der Waals surface area contributed by atoms with E-state index in [1.807, 2.05) is 42.5 Å². The highest BCUT2D eigenvalue weighted by Crippen LogP contribution is 2.40. The molecule has 55 heavy (non-hydrogen) atoms. The molecular formula is C51H31N3S. The van der Waals surface area contributed by atoms with Crippen LogP contribution in [0, 0.1) is 0 Å². The van der Waals surface area contributed by atoms with Crippen LogP contribution >= 0.6 is 11.3 Å². The molecule has 11 aromatic rings. The Morgan fingerprint density at radius 3 is 1.62 bits per heavy atom. The molecular weight excluding hydrogens is 687 g/mol. The lowest BCUT2D eigenvalue weighted by atomic mass is 9.92. The molecule has 256 valence electrons. The van der Waals surface area contributed by atoms with Crippen molar-refractivity contribution in [2.24, 2.45) is 0 Å². The number of thiophene rings is 1. The van der Waals surface area contributed by atoms with Gasteiger partial charge < -0.3 is 0 Å². The van der Waals surface area contributed by atoms with Gasteiger partial charge in [0.2, 0.25) is 0 Å². The molecule has 0 aliphatic heterocycles. The summed E-state index contributed by atoms with van der Waals surface area (Å²) >= 11 is 1.51. The molecule has 0 saturated heterocycles. The van der Waals surface area contributed by atoms with E-state index in [0.29, 0.717) is 11.1 Å². The molecule has 0 radical (unpaired) electrons. The maximum Gasteiger partial charge on any atom is 0.165 e. The van der Waals surface area contributed by atoms with Crippen molar-refractivity contribution in [3.05, 3.63) is 188 Å². The molecule has 3 nitrogen and oxygen atoms in total. The third-order valence-electron chi connectivity index (χ3n) is 9.22. The van der Waals surface area contributed by atoms with E-state index in [4.69, 9.17) is 30.0 Å². The Hall–Kier alpha value is -7.01. The second kappa shape index (κ2) is 12.8. The molecule has 0 saturated carbocycles. The van der Waals surface area contributed by atoms with E-state index in [-0.39, 0.29) is 28.4 Å². The Kier molecular flexibility index (Phi) is 4.17. The molecule has 0 aliphatic rings. The van der Waals surface area contributed by atoms with Crippen LogP contribution in [0.4, 0.5) is 0 Å². The first-order valence-electron chi connectivity index (χ1n) is 26.5. The lowest BCUT2D eigenvalue weighted by Gasteiger charge is -2.12. The Balaban J connectivity index is 1.18. The second-order valence-electron chi connectivity index (χ2n) is 12.5. The van der Waals surface area contributed by atoms with E-state index in [2.05, 4.69) is 0 Å². The molecule has 11 rings (SSSR count). The monoisotopic (exact) mass is 736 g/mol. The SMILES string of the molecule is [2H]c1c([2H])c(-c2nc(-c3ccccc3)nc(-c3cccc4c3sc3ccccc34)n2)c([2H])c(-c2c([2H])c([2H])c(-c3c([2H])c([2H])c4c5c([2H])c([2H])c([2H])c([2H])c5c5c([2H])c([2H])c([2H])c([2H])c5c4c3[2H])c([2H])c2[2H])c1[2H]. The lowest BCUT2D eigenvalue weighted by molar-refractivity contribution is 1.08. The summed E-state index contributed by atoms with van der Waals surface area (Å²) in [6.07, 6.45) is 0. The van der Waals surface area contributed by atoms with Gasteiger partial charge in [0.05, 0.1) is 26.0 Å². The highest BCUT2D eigenvalue weighted by molar-refractivity contribution is 7.26. The van der Waals surface area contributed by atoms with E-state index < -0.39 is 164 Å². The maximum atomic E-state index is 9.65. The largest absolute Gasteiger partial charge is 0.208 e. The highest BCUT2D eigenvalue weighted by Gasteiger charge is 2.17. The number of benzene rings is 9. The first kappa shape index (κ1) is 17.9. The number of hydrogen-bond donors (Lipinski definition) is 0. The van der Waals surface area contributed by atoms with Crippen molar-refractivity contribution in [2.45, 2.75) is 0 Å². The summed E-state index contributed by atoms with van der Waals surface area (Å²) in [4.78, 5) is 14.3. The van der Waals surface area contributed by atoms with Gasteiger partial charge in [-0.1, -0.05) is 163 Å². The molecule has 2 aromatic heterocycles. The van der Waals surface area contributed by atoms with Gasteiger partial charge in [0.25, 0.3) is 0 Å². The Morgan fingerprint density at radius 1 is 0.345 bits per heavy atom. The van der Waals surface area contributed by atoms with Gasteiger partial charge in [0.1, 0.15) is 0 Å². The Morgan fingerprint density at radius 2 is 0.891 bits per heavy atom. The van der Waals surface area contributed by atoms with Gasteiger partial charge in [-0.25, -0.2) is 15.0 Å². The van der Waals surface area contributed by atoms with Gasteiger partial charge in [-0.2, -0.15) is 0 Å². The van der Waals surface area contributed by atoms with Crippen LogP contribution in [0.1, 0.15) is 26.0 Å². The second-order valence-corrected chi connectivity index (χ2v) is 13.5. The van der Waals surface area contributed by atoms with Gasteiger partial charge in [0, 0.05) is 36.9 Å². The molecule has 0 N–H and O–H groups in total. The molecule has 9 aromatic carbocycles. The summed E-state index contributed by atoms with van der Waals surface area (Å²) in [7, 11) is 0. The number of nitrogens with zero attached hydrogens (tertiary/aromatic N) is 3. The highest BCUT2D eigenvalue weighted by atomic mass is 32.1. The van der Waals surface area contributed by atoms with E-state index in [1.165, 1.54) is 11.3 Å². The van der Waals surface area contributed by atoms with Gasteiger partial charge in [-0.05, 0) is 78.8 Å². The molecule has 0 unspecified atom stereocenters. The van der Waals surface area contributed by atoms with E-state index >= 15 is 0 Å². The van der Waals surface area contributed by atoms with Gasteiger partial charge in [-0.3, -0.25) is 0 Å². The smallest absolute Gasteiger partial charge is 0.165 e. The summed E-state index contributed by atoms with van der Waals surface area (Å²) < 4.78 is 174.